The minimum absolute atomic E-state index is 0.345. The molecule has 0 aromatic rings. The van der Waals surface area contributed by atoms with E-state index in [-0.39, 0.29) is 0 Å². The van der Waals surface area contributed by atoms with E-state index < -0.39 is 18.2 Å². The van der Waals surface area contributed by atoms with Crippen LogP contribution in [0.4, 0.5) is 0 Å². The fourth-order valence-corrected chi connectivity index (χ4v) is 1.36. The number of carbonyl (C=O) groups excluding carboxylic acids is 2. The quantitative estimate of drug-likeness (QED) is 0.599. The summed E-state index contributed by atoms with van der Waals surface area (Å²) in [5, 5.41) is 0. The standard InChI is InChI=1S/C9H14O5/c1-9(12-2)13-7(4-3-5-10)8(6-11)14-9/h5-8H,3-4H2,1-2H3. The lowest BCUT2D eigenvalue weighted by atomic mass is 10.1. The summed E-state index contributed by atoms with van der Waals surface area (Å²) < 4.78 is 15.5. The van der Waals surface area contributed by atoms with Crippen molar-refractivity contribution >= 4 is 12.6 Å². The van der Waals surface area contributed by atoms with Crippen molar-refractivity contribution < 1.29 is 23.8 Å². The first-order valence-electron chi connectivity index (χ1n) is 4.45. The molecule has 3 atom stereocenters. The van der Waals surface area contributed by atoms with E-state index in [9.17, 15) is 9.59 Å². The van der Waals surface area contributed by atoms with Gasteiger partial charge in [0.15, 0.2) is 6.29 Å². The lowest BCUT2D eigenvalue weighted by Crippen LogP contribution is -2.29. The van der Waals surface area contributed by atoms with Crippen LogP contribution >= 0.6 is 0 Å². The van der Waals surface area contributed by atoms with Gasteiger partial charge in [-0.3, -0.25) is 0 Å². The highest BCUT2D eigenvalue weighted by molar-refractivity contribution is 5.58. The van der Waals surface area contributed by atoms with Gasteiger partial charge in [-0.2, -0.15) is 0 Å². The highest BCUT2D eigenvalue weighted by Crippen LogP contribution is 2.30. The van der Waals surface area contributed by atoms with Crippen LogP contribution in [0.15, 0.2) is 0 Å². The Morgan fingerprint density at radius 3 is 2.64 bits per heavy atom. The van der Waals surface area contributed by atoms with Gasteiger partial charge in [0.25, 0.3) is 5.97 Å². The number of carbonyl (C=O) groups is 2. The SMILES string of the molecule is COC1(C)OC(C=O)C(CCC=O)O1. The monoisotopic (exact) mass is 202 g/mol. The van der Waals surface area contributed by atoms with Crippen LogP contribution < -0.4 is 0 Å². The molecule has 0 N–H and O–H groups in total. The third-order valence-corrected chi connectivity index (χ3v) is 2.16. The maximum absolute atomic E-state index is 10.6. The molecule has 1 aliphatic heterocycles. The van der Waals surface area contributed by atoms with Crippen molar-refractivity contribution in [1.29, 1.82) is 0 Å². The Kier molecular flexibility index (Phi) is 3.74. The van der Waals surface area contributed by atoms with Gasteiger partial charge in [-0.1, -0.05) is 0 Å². The van der Waals surface area contributed by atoms with E-state index in [1.165, 1.54) is 7.11 Å². The summed E-state index contributed by atoms with van der Waals surface area (Å²) in [5.74, 6) is -1.17. The molecule has 0 spiro atoms. The molecule has 1 aliphatic rings. The lowest BCUT2D eigenvalue weighted by Gasteiger charge is -2.20. The Labute approximate surface area is 82.3 Å². The fraction of sp³-hybridized carbons (Fsp3) is 0.778. The first-order valence-corrected chi connectivity index (χ1v) is 4.45. The Morgan fingerprint density at radius 1 is 1.43 bits per heavy atom. The van der Waals surface area contributed by atoms with E-state index in [0.29, 0.717) is 19.1 Å². The number of rotatable bonds is 5. The molecule has 1 rings (SSSR count). The molecule has 0 amide bonds. The number of hydrogen-bond acceptors (Lipinski definition) is 5. The van der Waals surface area contributed by atoms with Crippen molar-refractivity contribution in [3.63, 3.8) is 0 Å². The van der Waals surface area contributed by atoms with Gasteiger partial charge in [-0.15, -0.1) is 0 Å². The average Bonchev–Trinajstić information content (AvgIpc) is 2.53. The van der Waals surface area contributed by atoms with Crippen LogP contribution in [0.1, 0.15) is 19.8 Å². The van der Waals surface area contributed by atoms with Crippen LogP contribution in [0, 0.1) is 0 Å². The summed E-state index contributed by atoms with van der Waals surface area (Å²) in [6.45, 7) is 1.59. The van der Waals surface area contributed by atoms with Crippen molar-refractivity contribution in [1.82, 2.24) is 0 Å². The summed E-state index contributed by atoms with van der Waals surface area (Å²) in [6, 6.07) is 0. The summed E-state index contributed by atoms with van der Waals surface area (Å²) in [6.07, 6.45) is 1.21. The van der Waals surface area contributed by atoms with Crippen LogP contribution in [0.3, 0.4) is 0 Å². The van der Waals surface area contributed by atoms with Gasteiger partial charge in [-0.25, -0.2) is 0 Å². The molecule has 14 heavy (non-hydrogen) atoms. The van der Waals surface area contributed by atoms with Crippen LogP contribution in [0.5, 0.6) is 0 Å². The molecular formula is C9H14O5. The third kappa shape index (κ3) is 2.37. The molecule has 5 heteroatoms. The third-order valence-electron chi connectivity index (χ3n) is 2.16. The Bertz CT molecular complexity index is 217. The maximum Gasteiger partial charge on any atom is 0.280 e. The van der Waals surface area contributed by atoms with Crippen LogP contribution in [0.25, 0.3) is 0 Å². The molecule has 0 radical (unpaired) electrons. The second-order valence-corrected chi connectivity index (χ2v) is 3.19. The van der Waals surface area contributed by atoms with Crippen molar-refractivity contribution in [3.05, 3.63) is 0 Å². The molecule has 0 aromatic carbocycles. The molecule has 0 bridgehead atoms. The molecule has 3 unspecified atom stereocenters. The molecule has 5 nitrogen and oxygen atoms in total. The summed E-state index contributed by atoms with van der Waals surface area (Å²) in [5.41, 5.74) is 0. The smallest absolute Gasteiger partial charge is 0.280 e. The molecular weight excluding hydrogens is 188 g/mol. The van der Waals surface area contributed by atoms with Gasteiger partial charge < -0.3 is 23.8 Å². The second-order valence-electron chi connectivity index (χ2n) is 3.19. The zero-order chi connectivity index (χ0) is 10.6. The minimum Gasteiger partial charge on any atom is -0.331 e. The highest BCUT2D eigenvalue weighted by Gasteiger charge is 2.44. The molecule has 0 aliphatic carbocycles. The predicted octanol–water partition coefficient (Wildman–Crippen LogP) is 0.268. The molecule has 0 aromatic heterocycles. The van der Waals surface area contributed by atoms with Crippen molar-refractivity contribution in [2.75, 3.05) is 7.11 Å². The van der Waals surface area contributed by atoms with Gasteiger partial charge in [0.2, 0.25) is 0 Å². The van der Waals surface area contributed by atoms with Crippen molar-refractivity contribution in [2.45, 2.75) is 37.9 Å². The van der Waals surface area contributed by atoms with Crippen LogP contribution in [-0.4, -0.2) is 37.9 Å². The number of hydrogen-bond donors (Lipinski definition) is 0. The van der Waals surface area contributed by atoms with E-state index in [2.05, 4.69) is 0 Å². The topological polar surface area (TPSA) is 61.8 Å². The average molecular weight is 202 g/mol. The zero-order valence-corrected chi connectivity index (χ0v) is 8.26. The van der Waals surface area contributed by atoms with Gasteiger partial charge in [0.1, 0.15) is 12.4 Å². The number of methoxy groups -OCH3 is 1. The number of ether oxygens (including phenoxy) is 3. The fourth-order valence-electron chi connectivity index (χ4n) is 1.36. The predicted molar refractivity (Wildman–Crippen MR) is 46.5 cm³/mol. The van der Waals surface area contributed by atoms with E-state index in [4.69, 9.17) is 14.2 Å². The van der Waals surface area contributed by atoms with Gasteiger partial charge in [-0.05, 0) is 6.42 Å². The Morgan fingerprint density at radius 2 is 2.14 bits per heavy atom. The van der Waals surface area contributed by atoms with Crippen molar-refractivity contribution in [3.8, 4) is 0 Å². The largest absolute Gasteiger partial charge is 0.331 e. The Balaban J connectivity index is 2.57. The van der Waals surface area contributed by atoms with Crippen molar-refractivity contribution in [2.24, 2.45) is 0 Å². The van der Waals surface area contributed by atoms with E-state index in [1.807, 2.05) is 0 Å². The second kappa shape index (κ2) is 4.63. The van der Waals surface area contributed by atoms with Gasteiger partial charge >= 0.3 is 0 Å². The minimum atomic E-state index is -1.17. The zero-order valence-electron chi connectivity index (χ0n) is 8.26. The molecule has 1 saturated heterocycles. The summed E-state index contributed by atoms with van der Waals surface area (Å²) in [4.78, 5) is 20.8. The van der Waals surface area contributed by atoms with E-state index >= 15 is 0 Å². The maximum atomic E-state index is 10.6. The van der Waals surface area contributed by atoms with Crippen LogP contribution in [-0.2, 0) is 23.8 Å². The molecule has 1 fully saturated rings. The Hall–Kier alpha value is -0.780. The first-order chi connectivity index (χ1) is 6.65. The normalized spacial score (nSPS) is 37.0. The number of aldehydes is 2. The van der Waals surface area contributed by atoms with E-state index in [0.717, 1.165) is 6.29 Å². The molecule has 1 heterocycles. The van der Waals surface area contributed by atoms with E-state index in [1.54, 1.807) is 6.92 Å². The summed E-state index contributed by atoms with van der Waals surface area (Å²) >= 11 is 0. The van der Waals surface area contributed by atoms with Gasteiger partial charge in [0, 0.05) is 20.5 Å². The first kappa shape index (κ1) is 11.3. The molecule has 80 valence electrons. The highest BCUT2D eigenvalue weighted by atomic mass is 16.9. The summed E-state index contributed by atoms with van der Waals surface area (Å²) in [7, 11) is 1.43. The lowest BCUT2D eigenvalue weighted by molar-refractivity contribution is -0.316. The van der Waals surface area contributed by atoms with Crippen LogP contribution in [0.2, 0.25) is 0 Å². The van der Waals surface area contributed by atoms with Gasteiger partial charge in [0.05, 0.1) is 6.10 Å². The molecule has 0 saturated carbocycles.